The molecule has 33 heavy (non-hydrogen) atoms. The lowest BCUT2D eigenvalue weighted by atomic mass is 10.2. The van der Waals surface area contributed by atoms with Crippen LogP contribution in [0.2, 0.25) is 0 Å². The summed E-state index contributed by atoms with van der Waals surface area (Å²) < 4.78 is 7.55. The van der Waals surface area contributed by atoms with E-state index in [0.29, 0.717) is 43.1 Å². The molecule has 0 aliphatic heterocycles. The lowest BCUT2D eigenvalue weighted by molar-refractivity contribution is 0.419. The van der Waals surface area contributed by atoms with E-state index in [2.05, 4.69) is 25.1 Å². The number of H-pyrrole nitrogens is 2. The lowest BCUT2D eigenvalue weighted by Crippen LogP contribution is -2.43. The molecule has 0 saturated heterocycles. The SMILES string of the molecule is CCCCn1c(=O)n(CCCCc2noc(-c3ccccn3)n2)c(=O)c2[nH]c(=O)[nH]c(=O)c21. The van der Waals surface area contributed by atoms with Crippen LogP contribution in [0.25, 0.3) is 22.6 Å². The van der Waals surface area contributed by atoms with Gasteiger partial charge in [-0.25, -0.2) is 9.59 Å². The van der Waals surface area contributed by atoms with Crippen LogP contribution in [0.15, 0.2) is 48.1 Å². The molecule has 12 nitrogen and oxygen atoms in total. The number of nitrogens with one attached hydrogen (secondary N) is 2. The molecule has 12 heteroatoms. The smallest absolute Gasteiger partial charge is 0.331 e. The first-order chi connectivity index (χ1) is 16.0. The molecular formula is C21H23N7O5. The summed E-state index contributed by atoms with van der Waals surface area (Å²) in [6.07, 6.45) is 4.62. The quantitative estimate of drug-likeness (QED) is 0.352. The normalized spacial score (nSPS) is 11.3. The number of nitrogens with zero attached hydrogens (tertiary/aromatic N) is 5. The summed E-state index contributed by atoms with van der Waals surface area (Å²) in [5.41, 5.74) is -2.51. The highest BCUT2D eigenvalue weighted by molar-refractivity contribution is 5.71. The standard InChI is InChI=1S/C21H23N7O5/c1-2-3-11-27-16-15(24-20(31)25-17(16)29)19(30)28(21(27)32)12-7-5-9-14-23-18(33-26-14)13-8-4-6-10-22-13/h4,6,8,10H,2-3,5,7,9,11-12H2,1H3,(H2,24,25,29,31). The van der Waals surface area contributed by atoms with Crippen molar-refractivity contribution in [2.45, 2.75) is 52.1 Å². The fourth-order valence-electron chi connectivity index (χ4n) is 3.58. The maximum absolute atomic E-state index is 13.0. The summed E-state index contributed by atoms with van der Waals surface area (Å²) in [6.45, 7) is 2.34. The third kappa shape index (κ3) is 4.59. The number of aromatic nitrogens is 7. The van der Waals surface area contributed by atoms with Crippen LogP contribution in [-0.2, 0) is 19.5 Å². The Kier molecular flexibility index (Phi) is 6.43. The van der Waals surface area contributed by atoms with E-state index >= 15 is 0 Å². The van der Waals surface area contributed by atoms with E-state index < -0.39 is 22.5 Å². The van der Waals surface area contributed by atoms with Gasteiger partial charge >= 0.3 is 11.4 Å². The van der Waals surface area contributed by atoms with Crippen molar-refractivity contribution in [3.05, 3.63) is 71.9 Å². The average Bonchev–Trinajstić information content (AvgIpc) is 3.28. The highest BCUT2D eigenvalue weighted by atomic mass is 16.5. The molecule has 2 N–H and O–H groups in total. The summed E-state index contributed by atoms with van der Waals surface area (Å²) in [5, 5.41) is 3.94. The Hall–Kier alpha value is -4.09. The van der Waals surface area contributed by atoms with Gasteiger partial charge in [0.2, 0.25) is 0 Å². The van der Waals surface area contributed by atoms with Crippen molar-refractivity contribution in [1.82, 2.24) is 34.2 Å². The highest BCUT2D eigenvalue weighted by Gasteiger charge is 2.17. The second kappa shape index (κ2) is 9.59. The van der Waals surface area contributed by atoms with E-state index in [-0.39, 0.29) is 24.1 Å². The molecule has 0 bridgehead atoms. The van der Waals surface area contributed by atoms with Crippen molar-refractivity contribution < 1.29 is 4.52 Å². The van der Waals surface area contributed by atoms with Crippen molar-refractivity contribution in [3.63, 3.8) is 0 Å². The van der Waals surface area contributed by atoms with Crippen LogP contribution in [0, 0.1) is 0 Å². The number of aromatic amines is 2. The molecule has 4 aromatic heterocycles. The molecule has 0 saturated carbocycles. The zero-order valence-corrected chi connectivity index (χ0v) is 18.0. The molecule has 0 radical (unpaired) electrons. The van der Waals surface area contributed by atoms with Crippen molar-refractivity contribution in [2.24, 2.45) is 0 Å². The van der Waals surface area contributed by atoms with Crippen molar-refractivity contribution >= 4 is 11.0 Å². The van der Waals surface area contributed by atoms with E-state index in [1.165, 1.54) is 4.57 Å². The maximum atomic E-state index is 13.0. The van der Waals surface area contributed by atoms with Gasteiger partial charge in [-0.2, -0.15) is 4.98 Å². The van der Waals surface area contributed by atoms with Crippen molar-refractivity contribution in [2.75, 3.05) is 0 Å². The minimum atomic E-state index is -0.794. The van der Waals surface area contributed by atoms with E-state index in [1.807, 2.05) is 13.0 Å². The van der Waals surface area contributed by atoms with E-state index in [1.54, 1.807) is 18.3 Å². The van der Waals surface area contributed by atoms with Gasteiger partial charge in [-0.05, 0) is 31.4 Å². The first-order valence-corrected chi connectivity index (χ1v) is 10.7. The summed E-state index contributed by atoms with van der Waals surface area (Å²) in [7, 11) is 0. The minimum absolute atomic E-state index is 0.108. The molecule has 4 aromatic rings. The number of pyridine rings is 1. The predicted molar refractivity (Wildman–Crippen MR) is 119 cm³/mol. The zero-order valence-electron chi connectivity index (χ0n) is 18.0. The number of rotatable bonds is 9. The first kappa shape index (κ1) is 22.1. The maximum Gasteiger partial charge on any atom is 0.331 e. The van der Waals surface area contributed by atoms with Crippen LogP contribution in [0.5, 0.6) is 0 Å². The van der Waals surface area contributed by atoms with Gasteiger partial charge in [-0.1, -0.05) is 24.6 Å². The number of unbranched alkanes of at least 4 members (excludes halogenated alkanes) is 2. The van der Waals surface area contributed by atoms with Gasteiger partial charge in [-0.15, -0.1) is 0 Å². The number of hydrogen-bond donors (Lipinski definition) is 2. The summed E-state index contributed by atoms with van der Waals surface area (Å²) in [4.78, 5) is 62.9. The van der Waals surface area contributed by atoms with E-state index in [0.717, 1.165) is 11.0 Å². The molecule has 0 unspecified atom stereocenters. The molecule has 172 valence electrons. The Balaban J connectivity index is 1.54. The molecule has 0 amide bonds. The fraction of sp³-hybridized carbons (Fsp3) is 0.381. The van der Waals surface area contributed by atoms with Crippen LogP contribution in [0.1, 0.15) is 38.4 Å². The van der Waals surface area contributed by atoms with Crippen LogP contribution in [-0.4, -0.2) is 34.2 Å². The van der Waals surface area contributed by atoms with Crippen LogP contribution in [0.3, 0.4) is 0 Å². The fourth-order valence-corrected chi connectivity index (χ4v) is 3.58. The van der Waals surface area contributed by atoms with Crippen LogP contribution < -0.4 is 22.5 Å². The zero-order chi connectivity index (χ0) is 23.4. The topological polar surface area (TPSA) is 162 Å². The third-order valence-electron chi connectivity index (χ3n) is 5.23. The summed E-state index contributed by atoms with van der Waals surface area (Å²) >= 11 is 0. The van der Waals surface area contributed by atoms with Crippen molar-refractivity contribution in [1.29, 1.82) is 0 Å². The molecule has 0 fully saturated rings. The lowest BCUT2D eigenvalue weighted by Gasteiger charge is -2.12. The molecule has 4 rings (SSSR count). The van der Waals surface area contributed by atoms with Gasteiger partial charge in [0.25, 0.3) is 17.0 Å². The Bertz CT molecular complexity index is 1490. The van der Waals surface area contributed by atoms with Gasteiger partial charge in [0.1, 0.15) is 16.7 Å². The monoisotopic (exact) mass is 453 g/mol. The van der Waals surface area contributed by atoms with Gasteiger partial charge in [0.15, 0.2) is 5.82 Å². The Morgan fingerprint density at radius 1 is 1.00 bits per heavy atom. The second-order valence-corrected chi connectivity index (χ2v) is 7.56. The molecule has 0 aliphatic carbocycles. The van der Waals surface area contributed by atoms with Crippen molar-refractivity contribution in [3.8, 4) is 11.6 Å². The predicted octanol–water partition coefficient (Wildman–Crippen LogP) is 0.808. The summed E-state index contributed by atoms with van der Waals surface area (Å²) in [5.74, 6) is 0.821. The van der Waals surface area contributed by atoms with Gasteiger partial charge in [0, 0.05) is 25.7 Å². The Morgan fingerprint density at radius 3 is 2.58 bits per heavy atom. The van der Waals surface area contributed by atoms with Gasteiger partial charge < -0.3 is 9.51 Å². The molecule has 0 aliphatic rings. The molecule has 0 spiro atoms. The first-order valence-electron chi connectivity index (χ1n) is 10.7. The molecular weight excluding hydrogens is 430 g/mol. The number of hydrogen-bond acceptors (Lipinski definition) is 8. The van der Waals surface area contributed by atoms with E-state index in [4.69, 9.17) is 4.52 Å². The van der Waals surface area contributed by atoms with Gasteiger partial charge in [-0.3, -0.25) is 28.7 Å². The van der Waals surface area contributed by atoms with Crippen LogP contribution >= 0.6 is 0 Å². The number of aryl methyl sites for hydroxylation is 2. The van der Waals surface area contributed by atoms with E-state index in [9.17, 15) is 19.2 Å². The highest BCUT2D eigenvalue weighted by Crippen LogP contribution is 2.14. The molecule has 0 aromatic carbocycles. The largest absolute Gasteiger partial charge is 0.332 e. The molecule has 4 heterocycles. The van der Waals surface area contributed by atoms with Crippen LogP contribution in [0.4, 0.5) is 0 Å². The van der Waals surface area contributed by atoms with Gasteiger partial charge in [0.05, 0.1) is 0 Å². The average molecular weight is 453 g/mol. The molecule has 0 atom stereocenters. The third-order valence-corrected chi connectivity index (χ3v) is 5.23. The second-order valence-electron chi connectivity index (χ2n) is 7.56. The summed E-state index contributed by atoms with van der Waals surface area (Å²) in [6, 6.07) is 5.38. The Labute approximate surface area is 185 Å². The Morgan fingerprint density at radius 2 is 1.82 bits per heavy atom. The number of fused-ring (bicyclic) bond motifs is 1. The minimum Gasteiger partial charge on any atom is -0.332 e.